The summed E-state index contributed by atoms with van der Waals surface area (Å²) in [7, 11) is 0. The van der Waals surface area contributed by atoms with Gasteiger partial charge in [-0.2, -0.15) is 0 Å². The molecule has 4 nitrogen and oxygen atoms in total. The first-order valence-electron chi connectivity index (χ1n) is 7.25. The molecule has 0 aliphatic rings. The van der Waals surface area contributed by atoms with Gasteiger partial charge in [-0.15, -0.1) is 0 Å². The fourth-order valence-electron chi connectivity index (χ4n) is 1.88. The average molecular weight is 277 g/mol. The number of benzene rings is 1. The Morgan fingerprint density at radius 2 is 1.65 bits per heavy atom. The molecule has 0 fully saturated rings. The molecule has 0 aromatic heterocycles. The molecule has 20 heavy (non-hydrogen) atoms. The molecule has 4 heteroatoms. The number of carbonyl (C=O) groups is 2. The molecular formula is C16H23NO3. The minimum absolute atomic E-state index is 0.401. The second-order valence-electron chi connectivity index (χ2n) is 4.70. The van der Waals surface area contributed by atoms with E-state index in [1.807, 2.05) is 30.3 Å². The Morgan fingerprint density at radius 1 is 1.00 bits per heavy atom. The second kappa shape index (κ2) is 11.0. The highest BCUT2D eigenvalue weighted by Crippen LogP contribution is 2.08. The number of hydrogen-bond acceptors (Lipinski definition) is 3. The lowest BCUT2D eigenvalue weighted by atomic mass is 10.1. The summed E-state index contributed by atoms with van der Waals surface area (Å²) in [5.74, 6) is 0. The molecule has 0 spiro atoms. The molecule has 0 atom stereocenters. The smallest absolute Gasteiger partial charge is 0.411 e. The van der Waals surface area contributed by atoms with Crippen LogP contribution in [-0.4, -0.2) is 19.0 Å². The van der Waals surface area contributed by atoms with E-state index in [4.69, 9.17) is 4.74 Å². The van der Waals surface area contributed by atoms with Gasteiger partial charge in [0.05, 0.1) is 6.61 Å². The molecule has 0 aliphatic carbocycles. The maximum atomic E-state index is 11.5. The summed E-state index contributed by atoms with van der Waals surface area (Å²) in [5.41, 5.74) is 0.743. The number of carbonyl (C=O) groups excluding carboxylic acids is 2. The van der Waals surface area contributed by atoms with Crippen LogP contribution in [0.15, 0.2) is 30.3 Å². The lowest BCUT2D eigenvalue weighted by Gasteiger charge is -2.06. The Bertz CT molecular complexity index is 379. The zero-order valence-electron chi connectivity index (χ0n) is 11.8. The molecule has 1 aromatic rings. The molecule has 0 saturated heterocycles. The number of unbranched alkanes of at least 4 members (excludes halogenated alkanes) is 6. The molecule has 110 valence electrons. The van der Waals surface area contributed by atoms with Gasteiger partial charge in [0, 0.05) is 12.1 Å². The lowest BCUT2D eigenvalue weighted by Crippen LogP contribution is -2.14. The van der Waals surface area contributed by atoms with Crippen LogP contribution in [0.3, 0.4) is 0 Å². The summed E-state index contributed by atoms with van der Waals surface area (Å²) in [5, 5.41) is 2.67. The van der Waals surface area contributed by atoms with Crippen LogP contribution >= 0.6 is 0 Å². The van der Waals surface area contributed by atoms with Gasteiger partial charge in [0.15, 0.2) is 0 Å². The Balaban J connectivity index is 1.93. The number of para-hydroxylation sites is 1. The van der Waals surface area contributed by atoms with Crippen molar-refractivity contribution in [2.45, 2.75) is 44.9 Å². The van der Waals surface area contributed by atoms with Crippen LogP contribution < -0.4 is 5.32 Å². The molecule has 1 aromatic carbocycles. The molecule has 1 N–H and O–H groups in total. The Labute approximate surface area is 120 Å². The third-order valence-electron chi connectivity index (χ3n) is 2.97. The zero-order chi connectivity index (χ0) is 14.5. The van der Waals surface area contributed by atoms with E-state index in [0.29, 0.717) is 13.0 Å². The van der Waals surface area contributed by atoms with Crippen molar-refractivity contribution in [1.82, 2.24) is 0 Å². The monoisotopic (exact) mass is 277 g/mol. The van der Waals surface area contributed by atoms with Gasteiger partial charge in [-0.3, -0.25) is 5.32 Å². The first kappa shape index (κ1) is 16.2. The summed E-state index contributed by atoms with van der Waals surface area (Å²) < 4.78 is 5.09. The molecule has 1 rings (SSSR count). The third kappa shape index (κ3) is 8.29. The number of aldehydes is 1. The van der Waals surface area contributed by atoms with Crippen molar-refractivity contribution in [3.8, 4) is 0 Å². The van der Waals surface area contributed by atoms with Crippen LogP contribution in [0.1, 0.15) is 44.9 Å². The summed E-state index contributed by atoms with van der Waals surface area (Å²) in [6.07, 6.45) is 7.54. The SMILES string of the molecule is O=CCCCCCCCCOC(=O)Nc1ccccc1. The van der Waals surface area contributed by atoms with Crippen LogP contribution in [0.5, 0.6) is 0 Å². The number of amides is 1. The molecule has 0 aliphatic heterocycles. The third-order valence-corrected chi connectivity index (χ3v) is 2.97. The van der Waals surface area contributed by atoms with Gasteiger partial charge < -0.3 is 9.53 Å². The highest BCUT2D eigenvalue weighted by atomic mass is 16.5. The van der Waals surface area contributed by atoms with E-state index in [-0.39, 0.29) is 0 Å². The van der Waals surface area contributed by atoms with E-state index in [1.165, 1.54) is 0 Å². The van der Waals surface area contributed by atoms with Crippen molar-refractivity contribution >= 4 is 18.1 Å². The van der Waals surface area contributed by atoms with Crippen molar-refractivity contribution in [2.75, 3.05) is 11.9 Å². The summed E-state index contributed by atoms with van der Waals surface area (Å²) in [4.78, 5) is 21.6. The van der Waals surface area contributed by atoms with Crippen molar-refractivity contribution in [3.05, 3.63) is 30.3 Å². The quantitative estimate of drug-likeness (QED) is 0.516. The van der Waals surface area contributed by atoms with E-state index >= 15 is 0 Å². The van der Waals surface area contributed by atoms with Gasteiger partial charge in [-0.25, -0.2) is 4.79 Å². The van der Waals surface area contributed by atoms with E-state index in [0.717, 1.165) is 50.5 Å². The fraction of sp³-hybridized carbons (Fsp3) is 0.500. The van der Waals surface area contributed by atoms with Crippen LogP contribution in [0.2, 0.25) is 0 Å². The van der Waals surface area contributed by atoms with E-state index < -0.39 is 6.09 Å². The largest absolute Gasteiger partial charge is 0.449 e. The molecule has 0 unspecified atom stereocenters. The Kier molecular flexibility index (Phi) is 8.94. The van der Waals surface area contributed by atoms with Gasteiger partial charge in [0.1, 0.15) is 6.29 Å². The molecule has 0 bridgehead atoms. The number of ether oxygens (including phenoxy) is 1. The highest BCUT2D eigenvalue weighted by Gasteiger charge is 2.01. The molecule has 0 radical (unpaired) electrons. The maximum Gasteiger partial charge on any atom is 0.411 e. The normalized spacial score (nSPS) is 10.0. The van der Waals surface area contributed by atoms with Gasteiger partial charge in [-0.05, 0) is 25.0 Å². The average Bonchev–Trinajstić information content (AvgIpc) is 2.46. The first-order valence-corrected chi connectivity index (χ1v) is 7.25. The maximum absolute atomic E-state index is 11.5. The van der Waals surface area contributed by atoms with Crippen molar-refractivity contribution in [3.63, 3.8) is 0 Å². The number of anilines is 1. The predicted octanol–water partition coefficient (Wildman–Crippen LogP) is 4.16. The summed E-state index contributed by atoms with van der Waals surface area (Å²) >= 11 is 0. The minimum atomic E-state index is -0.401. The van der Waals surface area contributed by atoms with Crippen LogP contribution in [0.4, 0.5) is 10.5 Å². The summed E-state index contributed by atoms with van der Waals surface area (Å²) in [6.45, 7) is 0.451. The predicted molar refractivity (Wildman–Crippen MR) is 79.8 cm³/mol. The second-order valence-corrected chi connectivity index (χ2v) is 4.70. The van der Waals surface area contributed by atoms with Crippen LogP contribution in [-0.2, 0) is 9.53 Å². The van der Waals surface area contributed by atoms with E-state index in [9.17, 15) is 9.59 Å². The van der Waals surface area contributed by atoms with Crippen molar-refractivity contribution in [1.29, 1.82) is 0 Å². The van der Waals surface area contributed by atoms with Crippen molar-refractivity contribution < 1.29 is 14.3 Å². The van der Waals surface area contributed by atoms with Gasteiger partial charge in [0.25, 0.3) is 0 Å². The number of hydrogen-bond donors (Lipinski definition) is 1. The van der Waals surface area contributed by atoms with Gasteiger partial charge >= 0.3 is 6.09 Å². The van der Waals surface area contributed by atoms with E-state index in [2.05, 4.69) is 5.32 Å². The molecule has 1 amide bonds. The van der Waals surface area contributed by atoms with Gasteiger partial charge in [-0.1, -0.05) is 43.9 Å². The number of rotatable bonds is 10. The van der Waals surface area contributed by atoms with E-state index in [1.54, 1.807) is 0 Å². The lowest BCUT2D eigenvalue weighted by molar-refractivity contribution is -0.107. The van der Waals surface area contributed by atoms with Crippen molar-refractivity contribution in [2.24, 2.45) is 0 Å². The van der Waals surface area contributed by atoms with Crippen LogP contribution in [0.25, 0.3) is 0 Å². The minimum Gasteiger partial charge on any atom is -0.449 e. The standard InChI is InChI=1S/C16H23NO3/c18-13-9-4-2-1-3-5-10-14-20-16(19)17-15-11-7-6-8-12-15/h6-8,11-13H,1-5,9-10,14H2,(H,17,19). The topological polar surface area (TPSA) is 55.4 Å². The Hall–Kier alpha value is -1.84. The fourth-order valence-corrected chi connectivity index (χ4v) is 1.88. The first-order chi connectivity index (χ1) is 9.83. The highest BCUT2D eigenvalue weighted by molar-refractivity contribution is 5.84. The van der Waals surface area contributed by atoms with Gasteiger partial charge in [0.2, 0.25) is 0 Å². The molecule has 0 heterocycles. The van der Waals surface area contributed by atoms with Crippen LogP contribution in [0, 0.1) is 0 Å². The summed E-state index contributed by atoms with van der Waals surface area (Å²) in [6, 6.07) is 9.26. The molecule has 0 saturated carbocycles. The zero-order valence-corrected chi connectivity index (χ0v) is 11.8. The molecular weight excluding hydrogens is 254 g/mol. The number of nitrogens with one attached hydrogen (secondary N) is 1. The Morgan fingerprint density at radius 3 is 2.35 bits per heavy atom.